The van der Waals surface area contributed by atoms with Gasteiger partial charge in [0.2, 0.25) is 0 Å². The first-order valence-corrected chi connectivity index (χ1v) is 8.77. The highest BCUT2D eigenvalue weighted by Gasteiger charge is 2.45. The molecular formula is C17H30O5. The number of aliphatic carboxylic acids is 1. The first kappa shape index (κ1) is 17.7. The molecule has 22 heavy (non-hydrogen) atoms. The minimum Gasteiger partial charge on any atom is -0.481 e. The molecule has 1 N–H and O–H groups in total. The first-order chi connectivity index (χ1) is 10.7. The normalized spacial score (nSPS) is 23.9. The molecule has 2 aliphatic heterocycles. The van der Waals surface area contributed by atoms with Crippen molar-refractivity contribution in [1.82, 2.24) is 0 Å². The summed E-state index contributed by atoms with van der Waals surface area (Å²) in [5, 5.41) is 9.19. The van der Waals surface area contributed by atoms with E-state index < -0.39 is 11.4 Å². The van der Waals surface area contributed by atoms with E-state index in [0.717, 1.165) is 51.7 Å². The largest absolute Gasteiger partial charge is 0.481 e. The standard InChI is InChI=1S/C17H30O5/c18-16(19)17(13-20-14-17)10-6-3-1-2-4-7-11-21-15-9-5-8-12-22-15/h15H,1-14H2,(H,18,19). The minimum atomic E-state index is -0.694. The monoisotopic (exact) mass is 314 g/mol. The van der Waals surface area contributed by atoms with Crippen LogP contribution in [0.2, 0.25) is 0 Å². The van der Waals surface area contributed by atoms with E-state index in [1.807, 2.05) is 0 Å². The predicted molar refractivity (Wildman–Crippen MR) is 82.7 cm³/mol. The quantitative estimate of drug-likeness (QED) is 0.592. The topological polar surface area (TPSA) is 65.0 Å². The summed E-state index contributed by atoms with van der Waals surface area (Å²) in [6, 6.07) is 0. The van der Waals surface area contributed by atoms with Gasteiger partial charge in [0.25, 0.3) is 0 Å². The summed E-state index contributed by atoms with van der Waals surface area (Å²) in [6.45, 7) is 2.42. The molecule has 0 aromatic rings. The lowest BCUT2D eigenvalue weighted by atomic mass is 9.81. The lowest BCUT2D eigenvalue weighted by Crippen LogP contribution is -2.48. The van der Waals surface area contributed by atoms with Crippen molar-refractivity contribution in [2.75, 3.05) is 26.4 Å². The summed E-state index contributed by atoms with van der Waals surface area (Å²) in [5.74, 6) is -0.694. The van der Waals surface area contributed by atoms with Crippen LogP contribution in [0.1, 0.15) is 64.2 Å². The van der Waals surface area contributed by atoms with Crippen molar-refractivity contribution in [3.63, 3.8) is 0 Å². The summed E-state index contributed by atoms with van der Waals surface area (Å²) in [7, 11) is 0. The van der Waals surface area contributed by atoms with Gasteiger partial charge in [-0.25, -0.2) is 0 Å². The molecule has 0 aliphatic carbocycles. The Hall–Kier alpha value is -0.650. The number of rotatable bonds is 11. The van der Waals surface area contributed by atoms with Gasteiger partial charge in [-0.3, -0.25) is 4.79 Å². The molecule has 2 rings (SSSR count). The number of carbonyl (C=O) groups is 1. The zero-order valence-corrected chi connectivity index (χ0v) is 13.6. The zero-order valence-electron chi connectivity index (χ0n) is 13.6. The van der Waals surface area contributed by atoms with E-state index in [1.54, 1.807) is 0 Å². The highest BCUT2D eigenvalue weighted by atomic mass is 16.7. The zero-order chi connectivity index (χ0) is 15.7. The third-order valence-corrected chi connectivity index (χ3v) is 4.70. The van der Waals surface area contributed by atoms with Crippen LogP contribution < -0.4 is 0 Å². The number of hydrogen-bond donors (Lipinski definition) is 1. The second kappa shape index (κ2) is 9.48. The van der Waals surface area contributed by atoms with E-state index in [0.29, 0.717) is 13.2 Å². The van der Waals surface area contributed by atoms with Crippen LogP contribution in [0.3, 0.4) is 0 Å². The van der Waals surface area contributed by atoms with E-state index in [-0.39, 0.29) is 6.29 Å². The second-order valence-corrected chi connectivity index (χ2v) is 6.62. The van der Waals surface area contributed by atoms with E-state index >= 15 is 0 Å². The van der Waals surface area contributed by atoms with Crippen molar-refractivity contribution in [3.8, 4) is 0 Å². The Labute approximate surface area is 133 Å². The Morgan fingerprint density at radius 2 is 1.82 bits per heavy atom. The lowest BCUT2D eigenvalue weighted by Gasteiger charge is -2.37. The molecule has 2 aliphatic rings. The Bertz CT molecular complexity index is 321. The summed E-state index contributed by atoms with van der Waals surface area (Å²) in [4.78, 5) is 11.2. The van der Waals surface area contributed by atoms with Gasteiger partial charge in [-0.2, -0.15) is 0 Å². The minimum absolute atomic E-state index is 0.0330. The maximum Gasteiger partial charge on any atom is 0.314 e. The van der Waals surface area contributed by atoms with Crippen molar-refractivity contribution in [1.29, 1.82) is 0 Å². The number of hydrogen-bond acceptors (Lipinski definition) is 4. The molecule has 0 spiro atoms. The van der Waals surface area contributed by atoms with Crippen LogP contribution in [0.5, 0.6) is 0 Å². The van der Waals surface area contributed by atoms with Gasteiger partial charge in [-0.05, 0) is 32.1 Å². The average molecular weight is 314 g/mol. The van der Waals surface area contributed by atoms with Gasteiger partial charge in [-0.1, -0.05) is 32.1 Å². The van der Waals surface area contributed by atoms with Crippen molar-refractivity contribution in [3.05, 3.63) is 0 Å². The molecule has 0 aromatic heterocycles. The fourth-order valence-electron chi connectivity index (χ4n) is 3.05. The van der Waals surface area contributed by atoms with Crippen LogP contribution in [0.15, 0.2) is 0 Å². The Morgan fingerprint density at radius 3 is 2.41 bits per heavy atom. The number of unbranched alkanes of at least 4 members (excludes halogenated alkanes) is 5. The molecule has 1 unspecified atom stereocenters. The van der Waals surface area contributed by atoms with E-state index in [1.165, 1.54) is 25.7 Å². The van der Waals surface area contributed by atoms with Crippen LogP contribution in [0.4, 0.5) is 0 Å². The number of ether oxygens (including phenoxy) is 3. The molecule has 0 aromatic carbocycles. The highest BCUT2D eigenvalue weighted by Crippen LogP contribution is 2.33. The van der Waals surface area contributed by atoms with Gasteiger partial charge in [0, 0.05) is 13.2 Å². The van der Waals surface area contributed by atoms with Crippen LogP contribution >= 0.6 is 0 Å². The Balaban J connectivity index is 1.37. The molecule has 0 radical (unpaired) electrons. The maximum atomic E-state index is 11.2. The summed E-state index contributed by atoms with van der Waals surface area (Å²) in [5.41, 5.74) is -0.576. The first-order valence-electron chi connectivity index (χ1n) is 8.77. The van der Waals surface area contributed by atoms with E-state index in [9.17, 15) is 9.90 Å². The molecule has 0 saturated carbocycles. The SMILES string of the molecule is O=C(O)C1(CCCCCCCCOC2CCCCO2)COC1. The third-order valence-electron chi connectivity index (χ3n) is 4.70. The van der Waals surface area contributed by atoms with Gasteiger partial charge in [0.1, 0.15) is 5.41 Å². The van der Waals surface area contributed by atoms with E-state index in [4.69, 9.17) is 14.2 Å². The fourth-order valence-corrected chi connectivity index (χ4v) is 3.05. The van der Waals surface area contributed by atoms with Gasteiger partial charge in [0.15, 0.2) is 6.29 Å². The van der Waals surface area contributed by atoms with Crippen LogP contribution in [-0.2, 0) is 19.0 Å². The summed E-state index contributed by atoms with van der Waals surface area (Å²) in [6.07, 6.45) is 11.0. The average Bonchev–Trinajstić information content (AvgIpc) is 2.48. The Kier molecular flexibility index (Phi) is 7.63. The van der Waals surface area contributed by atoms with Crippen molar-refractivity contribution < 1.29 is 24.1 Å². The molecule has 1 atom stereocenters. The summed E-state index contributed by atoms with van der Waals surface area (Å²) < 4.78 is 16.3. The molecule has 5 nitrogen and oxygen atoms in total. The van der Waals surface area contributed by atoms with Gasteiger partial charge in [-0.15, -0.1) is 0 Å². The number of carboxylic acids is 1. The predicted octanol–water partition coefficient (Wildman–Crippen LogP) is 3.36. The molecule has 2 heterocycles. The fraction of sp³-hybridized carbons (Fsp3) is 0.941. The molecule has 2 saturated heterocycles. The van der Waals surface area contributed by atoms with Gasteiger partial charge < -0.3 is 19.3 Å². The molecule has 0 amide bonds. The maximum absolute atomic E-state index is 11.2. The molecule has 2 fully saturated rings. The van der Waals surface area contributed by atoms with Crippen molar-refractivity contribution in [2.45, 2.75) is 70.5 Å². The van der Waals surface area contributed by atoms with Crippen molar-refractivity contribution >= 4 is 5.97 Å². The van der Waals surface area contributed by atoms with Crippen LogP contribution in [0.25, 0.3) is 0 Å². The van der Waals surface area contributed by atoms with Gasteiger partial charge >= 0.3 is 5.97 Å². The molecular weight excluding hydrogens is 284 g/mol. The Morgan fingerprint density at radius 1 is 1.09 bits per heavy atom. The molecule has 5 heteroatoms. The smallest absolute Gasteiger partial charge is 0.314 e. The number of carboxylic acid groups (broad SMARTS) is 1. The molecule has 0 bridgehead atoms. The highest BCUT2D eigenvalue weighted by molar-refractivity contribution is 5.75. The summed E-state index contributed by atoms with van der Waals surface area (Å²) >= 11 is 0. The third kappa shape index (κ3) is 5.52. The molecule has 128 valence electrons. The van der Waals surface area contributed by atoms with E-state index in [2.05, 4.69) is 0 Å². The van der Waals surface area contributed by atoms with Crippen LogP contribution in [0, 0.1) is 5.41 Å². The lowest BCUT2D eigenvalue weighted by molar-refractivity contribution is -0.181. The second-order valence-electron chi connectivity index (χ2n) is 6.62. The van der Waals surface area contributed by atoms with Crippen LogP contribution in [-0.4, -0.2) is 43.8 Å². The van der Waals surface area contributed by atoms with Gasteiger partial charge in [0.05, 0.1) is 13.2 Å². The van der Waals surface area contributed by atoms with Crippen molar-refractivity contribution in [2.24, 2.45) is 5.41 Å².